The summed E-state index contributed by atoms with van der Waals surface area (Å²) in [5.41, 5.74) is 2.09. The lowest BCUT2D eigenvalue weighted by Gasteiger charge is -2.13. The Bertz CT molecular complexity index is 685. The van der Waals surface area contributed by atoms with Gasteiger partial charge in [-0.2, -0.15) is 0 Å². The van der Waals surface area contributed by atoms with Crippen molar-refractivity contribution >= 4 is 5.91 Å². The zero-order valence-electron chi connectivity index (χ0n) is 16.0. The van der Waals surface area contributed by atoms with Crippen LogP contribution in [0.3, 0.4) is 0 Å². The molecular weight excluding hydrogens is 326 g/mol. The fourth-order valence-corrected chi connectivity index (χ4v) is 2.86. The minimum Gasteiger partial charge on any atom is -0.493 e. The fourth-order valence-electron chi connectivity index (χ4n) is 2.86. The molecule has 1 N–H and O–H groups in total. The van der Waals surface area contributed by atoms with E-state index in [0.29, 0.717) is 37.0 Å². The predicted octanol–water partition coefficient (Wildman–Crippen LogP) is 4.72. The summed E-state index contributed by atoms with van der Waals surface area (Å²) in [6.07, 6.45) is 2.76. The molecule has 0 saturated carbocycles. The van der Waals surface area contributed by atoms with Crippen molar-refractivity contribution in [1.82, 2.24) is 5.32 Å². The molecular formula is C22H29NO3. The van der Waals surface area contributed by atoms with E-state index in [9.17, 15) is 4.79 Å². The normalized spacial score (nSPS) is 11.7. The van der Waals surface area contributed by atoms with Gasteiger partial charge in [0.05, 0.1) is 7.11 Å². The van der Waals surface area contributed by atoms with Crippen molar-refractivity contribution in [2.24, 2.45) is 5.92 Å². The van der Waals surface area contributed by atoms with Gasteiger partial charge in [0, 0.05) is 13.0 Å². The molecule has 140 valence electrons. The first-order valence-corrected chi connectivity index (χ1v) is 9.22. The third kappa shape index (κ3) is 6.43. The topological polar surface area (TPSA) is 47.6 Å². The number of hydrogen-bond acceptors (Lipinski definition) is 3. The van der Waals surface area contributed by atoms with Gasteiger partial charge in [0.15, 0.2) is 11.5 Å². The van der Waals surface area contributed by atoms with Crippen molar-refractivity contribution in [3.8, 4) is 11.5 Å². The summed E-state index contributed by atoms with van der Waals surface area (Å²) in [4.78, 5) is 12.0. The summed E-state index contributed by atoms with van der Waals surface area (Å²) in [7, 11) is 1.62. The van der Waals surface area contributed by atoms with Crippen molar-refractivity contribution < 1.29 is 14.3 Å². The minimum atomic E-state index is 0.0920. The predicted molar refractivity (Wildman–Crippen MR) is 104 cm³/mol. The third-order valence-corrected chi connectivity index (χ3v) is 4.27. The maximum Gasteiger partial charge on any atom is 0.220 e. The Balaban J connectivity index is 1.90. The SMILES string of the molecule is CCCC(C)CC(=O)NCc1ccc(OCc2ccccc2)c(OC)c1. The minimum absolute atomic E-state index is 0.0920. The van der Waals surface area contributed by atoms with E-state index in [1.807, 2.05) is 48.5 Å². The van der Waals surface area contributed by atoms with E-state index in [-0.39, 0.29) is 5.91 Å². The first-order chi connectivity index (χ1) is 12.6. The highest BCUT2D eigenvalue weighted by Gasteiger charge is 2.10. The molecule has 0 aliphatic rings. The summed E-state index contributed by atoms with van der Waals surface area (Å²) >= 11 is 0. The van der Waals surface area contributed by atoms with Crippen LogP contribution in [0.25, 0.3) is 0 Å². The Morgan fingerprint density at radius 1 is 1.08 bits per heavy atom. The van der Waals surface area contributed by atoms with E-state index >= 15 is 0 Å². The van der Waals surface area contributed by atoms with Crippen LogP contribution >= 0.6 is 0 Å². The molecule has 4 heteroatoms. The Morgan fingerprint density at radius 3 is 2.54 bits per heavy atom. The molecule has 0 aliphatic carbocycles. The number of hydrogen-bond donors (Lipinski definition) is 1. The standard InChI is InChI=1S/C22H29NO3/c1-4-8-17(2)13-22(24)23-15-19-11-12-20(21(14-19)25-3)26-16-18-9-6-5-7-10-18/h5-7,9-12,14,17H,4,8,13,15-16H2,1-3H3,(H,23,24). The molecule has 0 aliphatic heterocycles. The van der Waals surface area contributed by atoms with Crippen molar-refractivity contribution in [3.63, 3.8) is 0 Å². The first kappa shape index (κ1) is 19.8. The molecule has 0 fully saturated rings. The van der Waals surface area contributed by atoms with Crippen LogP contribution < -0.4 is 14.8 Å². The molecule has 0 aromatic heterocycles. The summed E-state index contributed by atoms with van der Waals surface area (Å²) in [5, 5.41) is 2.98. The zero-order valence-corrected chi connectivity index (χ0v) is 16.0. The van der Waals surface area contributed by atoms with E-state index in [1.165, 1.54) is 0 Å². The van der Waals surface area contributed by atoms with Crippen LogP contribution in [-0.2, 0) is 17.9 Å². The second kappa shape index (κ2) is 10.5. The van der Waals surface area contributed by atoms with E-state index in [0.717, 1.165) is 24.0 Å². The molecule has 4 nitrogen and oxygen atoms in total. The van der Waals surface area contributed by atoms with Gasteiger partial charge in [-0.15, -0.1) is 0 Å². The van der Waals surface area contributed by atoms with E-state index in [1.54, 1.807) is 7.11 Å². The molecule has 1 amide bonds. The highest BCUT2D eigenvalue weighted by molar-refractivity contribution is 5.76. The third-order valence-electron chi connectivity index (χ3n) is 4.27. The zero-order chi connectivity index (χ0) is 18.8. The van der Waals surface area contributed by atoms with Crippen LogP contribution in [0.4, 0.5) is 0 Å². The summed E-state index contributed by atoms with van der Waals surface area (Å²) in [6, 6.07) is 15.8. The van der Waals surface area contributed by atoms with Crippen LogP contribution in [-0.4, -0.2) is 13.0 Å². The number of benzene rings is 2. The molecule has 1 unspecified atom stereocenters. The molecule has 26 heavy (non-hydrogen) atoms. The monoisotopic (exact) mass is 355 g/mol. The number of ether oxygens (including phenoxy) is 2. The lowest BCUT2D eigenvalue weighted by molar-refractivity contribution is -0.122. The summed E-state index contributed by atoms with van der Waals surface area (Å²) in [6.45, 7) is 5.24. The van der Waals surface area contributed by atoms with Gasteiger partial charge in [-0.25, -0.2) is 0 Å². The molecule has 2 aromatic rings. The lowest BCUT2D eigenvalue weighted by atomic mass is 10.0. The molecule has 1 atom stereocenters. The largest absolute Gasteiger partial charge is 0.493 e. The van der Waals surface area contributed by atoms with Gasteiger partial charge in [0.1, 0.15) is 6.61 Å². The highest BCUT2D eigenvalue weighted by Crippen LogP contribution is 2.28. The van der Waals surface area contributed by atoms with E-state index in [4.69, 9.17) is 9.47 Å². The van der Waals surface area contributed by atoms with Crippen LogP contribution in [0.5, 0.6) is 11.5 Å². The molecule has 0 saturated heterocycles. The van der Waals surface area contributed by atoms with E-state index < -0.39 is 0 Å². The smallest absolute Gasteiger partial charge is 0.220 e. The summed E-state index contributed by atoms with van der Waals surface area (Å²) in [5.74, 6) is 1.88. The van der Waals surface area contributed by atoms with Crippen molar-refractivity contribution in [2.45, 2.75) is 46.3 Å². The van der Waals surface area contributed by atoms with Crippen LogP contribution in [0.2, 0.25) is 0 Å². The van der Waals surface area contributed by atoms with Gasteiger partial charge in [-0.05, 0) is 29.2 Å². The number of amides is 1. The molecule has 0 spiro atoms. The molecule has 0 heterocycles. The number of carbonyl (C=O) groups is 1. The number of rotatable bonds is 10. The maximum absolute atomic E-state index is 12.0. The molecule has 2 aromatic carbocycles. The average molecular weight is 355 g/mol. The number of nitrogens with one attached hydrogen (secondary N) is 1. The van der Waals surface area contributed by atoms with Gasteiger partial charge in [0.25, 0.3) is 0 Å². The first-order valence-electron chi connectivity index (χ1n) is 9.22. The van der Waals surface area contributed by atoms with Crippen molar-refractivity contribution in [2.75, 3.05) is 7.11 Å². The second-order valence-corrected chi connectivity index (χ2v) is 6.63. The van der Waals surface area contributed by atoms with Crippen molar-refractivity contribution in [3.05, 3.63) is 59.7 Å². The Labute approximate surface area is 156 Å². The van der Waals surface area contributed by atoms with Gasteiger partial charge in [-0.1, -0.05) is 63.1 Å². The highest BCUT2D eigenvalue weighted by atomic mass is 16.5. The van der Waals surface area contributed by atoms with Gasteiger partial charge in [-0.3, -0.25) is 4.79 Å². The van der Waals surface area contributed by atoms with E-state index in [2.05, 4.69) is 19.2 Å². The molecule has 0 bridgehead atoms. The Kier molecular flexibility index (Phi) is 8.00. The van der Waals surface area contributed by atoms with Gasteiger partial charge >= 0.3 is 0 Å². The van der Waals surface area contributed by atoms with Gasteiger partial charge in [0.2, 0.25) is 5.91 Å². The Morgan fingerprint density at radius 2 is 1.85 bits per heavy atom. The summed E-state index contributed by atoms with van der Waals surface area (Å²) < 4.78 is 11.3. The molecule has 0 radical (unpaired) electrons. The fraction of sp³-hybridized carbons (Fsp3) is 0.409. The Hall–Kier alpha value is -2.49. The quantitative estimate of drug-likeness (QED) is 0.671. The maximum atomic E-state index is 12.0. The number of methoxy groups -OCH3 is 1. The molecule has 2 rings (SSSR count). The van der Waals surface area contributed by atoms with Crippen LogP contribution in [0.1, 0.15) is 44.2 Å². The second-order valence-electron chi connectivity index (χ2n) is 6.63. The van der Waals surface area contributed by atoms with Crippen LogP contribution in [0.15, 0.2) is 48.5 Å². The van der Waals surface area contributed by atoms with Crippen LogP contribution in [0, 0.1) is 5.92 Å². The van der Waals surface area contributed by atoms with Gasteiger partial charge < -0.3 is 14.8 Å². The lowest BCUT2D eigenvalue weighted by Crippen LogP contribution is -2.24. The van der Waals surface area contributed by atoms with Crippen molar-refractivity contribution in [1.29, 1.82) is 0 Å². The number of carbonyl (C=O) groups excluding carboxylic acids is 1. The average Bonchev–Trinajstić information content (AvgIpc) is 2.66.